The number of nitrogens with zero attached hydrogens (tertiary/aromatic N) is 1. The summed E-state index contributed by atoms with van der Waals surface area (Å²) in [6.45, 7) is 3.85. The van der Waals surface area contributed by atoms with Crippen molar-refractivity contribution < 1.29 is 19.1 Å². The summed E-state index contributed by atoms with van der Waals surface area (Å²) in [4.78, 5) is 26.9. The first-order valence-corrected chi connectivity index (χ1v) is 7.01. The molecule has 0 bridgehead atoms. The van der Waals surface area contributed by atoms with E-state index in [2.05, 4.69) is 4.99 Å². The fraction of sp³-hybridized carbons (Fsp3) is 0.400. The minimum absolute atomic E-state index is 0.0430. The molecule has 1 rings (SSSR count). The van der Waals surface area contributed by atoms with Crippen LogP contribution in [0.15, 0.2) is 29.3 Å². The average Bonchev–Trinajstić information content (AvgIpc) is 2.47. The van der Waals surface area contributed by atoms with Crippen molar-refractivity contribution in [3.8, 4) is 0 Å². The minimum atomic E-state index is -0.614. The Hall–Kier alpha value is -1.88. The molecular weight excluding hydrogens is 294 g/mol. The van der Waals surface area contributed by atoms with Gasteiger partial charge in [0.1, 0.15) is 6.04 Å². The van der Waals surface area contributed by atoms with Gasteiger partial charge in [0.15, 0.2) is 12.2 Å². The first-order chi connectivity index (χ1) is 10.0. The van der Waals surface area contributed by atoms with Crippen LogP contribution in [0.4, 0.5) is 0 Å². The summed E-state index contributed by atoms with van der Waals surface area (Å²) >= 11 is 5.75. The monoisotopic (exact) mass is 311 g/mol. The number of Topliss-reactive ketones (excluding diaryl/α,β-unsaturated/α-hetero) is 1. The second-order valence-electron chi connectivity index (χ2n) is 4.23. The molecular formula is C15H18ClNO4. The summed E-state index contributed by atoms with van der Waals surface area (Å²) in [6, 6.07) is 6.05. The van der Waals surface area contributed by atoms with Gasteiger partial charge in [0.05, 0.1) is 13.2 Å². The number of rotatable bonds is 8. The molecule has 0 aliphatic carbocycles. The standard InChI is InChI=1S/C15H18ClNO4/c1-3-21-15(19)11(2)17-10-20-9-8-14(18)12-4-6-13(16)7-5-12/h4-7,10-11H,3,8-9H2,1-2H3/t11-/m0/s1. The van der Waals surface area contributed by atoms with E-state index >= 15 is 0 Å². The van der Waals surface area contributed by atoms with Gasteiger partial charge in [-0.1, -0.05) is 11.6 Å². The van der Waals surface area contributed by atoms with Gasteiger partial charge in [0.2, 0.25) is 0 Å². The van der Waals surface area contributed by atoms with Crippen molar-refractivity contribution in [1.29, 1.82) is 0 Å². The fourth-order valence-electron chi connectivity index (χ4n) is 1.44. The SMILES string of the molecule is CCOC(=O)[C@H](C)N=COCCC(=O)c1ccc(Cl)cc1. The number of benzene rings is 1. The van der Waals surface area contributed by atoms with Crippen LogP contribution in [0.25, 0.3) is 0 Å². The third-order valence-corrected chi connectivity index (χ3v) is 2.85. The van der Waals surface area contributed by atoms with Gasteiger partial charge in [-0.15, -0.1) is 0 Å². The quantitative estimate of drug-likeness (QED) is 0.243. The first kappa shape index (κ1) is 17.2. The summed E-state index contributed by atoms with van der Waals surface area (Å²) in [5.74, 6) is -0.451. The molecule has 1 atom stereocenters. The molecule has 0 heterocycles. The summed E-state index contributed by atoms with van der Waals surface area (Å²) in [5, 5.41) is 0.586. The Kier molecular flexibility index (Phi) is 7.46. The van der Waals surface area contributed by atoms with E-state index in [1.807, 2.05) is 0 Å². The van der Waals surface area contributed by atoms with Gasteiger partial charge in [0, 0.05) is 17.0 Å². The van der Waals surface area contributed by atoms with Crippen molar-refractivity contribution in [3.05, 3.63) is 34.9 Å². The molecule has 6 heteroatoms. The zero-order valence-corrected chi connectivity index (χ0v) is 12.8. The molecule has 0 saturated carbocycles. The molecule has 5 nitrogen and oxygen atoms in total. The maximum atomic E-state index is 11.8. The first-order valence-electron chi connectivity index (χ1n) is 6.63. The predicted molar refractivity (Wildman–Crippen MR) is 80.9 cm³/mol. The van der Waals surface area contributed by atoms with Crippen LogP contribution in [0.2, 0.25) is 5.02 Å². The van der Waals surface area contributed by atoms with Gasteiger partial charge in [-0.2, -0.15) is 0 Å². The van der Waals surface area contributed by atoms with Crippen LogP contribution in [0.3, 0.4) is 0 Å². The highest BCUT2D eigenvalue weighted by Crippen LogP contribution is 2.11. The van der Waals surface area contributed by atoms with Crippen molar-refractivity contribution in [2.24, 2.45) is 4.99 Å². The number of halogens is 1. The van der Waals surface area contributed by atoms with E-state index in [1.165, 1.54) is 6.40 Å². The average molecular weight is 312 g/mol. The number of carbonyl (C=O) groups excluding carboxylic acids is 2. The molecule has 21 heavy (non-hydrogen) atoms. The number of hydrogen-bond acceptors (Lipinski definition) is 5. The number of ether oxygens (including phenoxy) is 2. The normalized spacial score (nSPS) is 12.1. The summed E-state index contributed by atoms with van der Waals surface area (Å²) in [5.41, 5.74) is 0.583. The third-order valence-electron chi connectivity index (χ3n) is 2.60. The summed E-state index contributed by atoms with van der Waals surface area (Å²) < 4.78 is 9.90. The molecule has 1 aromatic rings. The van der Waals surface area contributed by atoms with E-state index in [4.69, 9.17) is 21.1 Å². The molecule has 0 fully saturated rings. The van der Waals surface area contributed by atoms with Crippen LogP contribution < -0.4 is 0 Å². The van der Waals surface area contributed by atoms with Gasteiger partial charge in [0.25, 0.3) is 0 Å². The van der Waals surface area contributed by atoms with Gasteiger partial charge in [-0.05, 0) is 38.1 Å². The Balaban J connectivity index is 2.29. The van der Waals surface area contributed by atoms with E-state index in [1.54, 1.807) is 38.1 Å². The van der Waals surface area contributed by atoms with Crippen molar-refractivity contribution in [3.63, 3.8) is 0 Å². The zero-order valence-electron chi connectivity index (χ0n) is 12.0. The molecule has 0 aromatic heterocycles. The molecule has 0 amide bonds. The van der Waals surface area contributed by atoms with Crippen molar-refractivity contribution in [2.75, 3.05) is 13.2 Å². The molecule has 114 valence electrons. The summed E-state index contributed by atoms with van der Waals surface area (Å²) in [6.07, 6.45) is 1.40. The van der Waals surface area contributed by atoms with Crippen molar-refractivity contribution in [1.82, 2.24) is 0 Å². The molecule has 0 aliphatic heterocycles. The van der Waals surface area contributed by atoms with Gasteiger partial charge >= 0.3 is 5.97 Å². The number of ketones is 1. The largest absolute Gasteiger partial charge is 0.483 e. The lowest BCUT2D eigenvalue weighted by molar-refractivity contribution is -0.144. The Morgan fingerprint density at radius 3 is 2.62 bits per heavy atom. The smallest absolute Gasteiger partial charge is 0.330 e. The van der Waals surface area contributed by atoms with E-state index in [9.17, 15) is 9.59 Å². The molecule has 0 unspecified atom stereocenters. The lowest BCUT2D eigenvalue weighted by atomic mass is 10.1. The lowest BCUT2D eigenvalue weighted by Gasteiger charge is -2.05. The summed E-state index contributed by atoms with van der Waals surface area (Å²) in [7, 11) is 0. The van der Waals surface area contributed by atoms with Gasteiger partial charge < -0.3 is 9.47 Å². The Bertz CT molecular complexity index is 499. The van der Waals surface area contributed by atoms with E-state index in [-0.39, 0.29) is 18.8 Å². The van der Waals surface area contributed by atoms with Crippen LogP contribution in [-0.4, -0.2) is 37.4 Å². The lowest BCUT2D eigenvalue weighted by Crippen LogP contribution is -2.18. The van der Waals surface area contributed by atoms with Gasteiger partial charge in [-0.25, -0.2) is 9.79 Å². The maximum absolute atomic E-state index is 11.8. The van der Waals surface area contributed by atoms with E-state index in [0.717, 1.165) is 0 Å². The number of aliphatic imine (C=N–C) groups is 1. The van der Waals surface area contributed by atoms with Crippen LogP contribution in [0.5, 0.6) is 0 Å². The Labute approximate surface area is 128 Å². The maximum Gasteiger partial charge on any atom is 0.330 e. The van der Waals surface area contributed by atoms with Crippen LogP contribution in [0.1, 0.15) is 30.6 Å². The number of esters is 1. The molecule has 0 saturated heterocycles. The van der Waals surface area contributed by atoms with Crippen molar-refractivity contribution in [2.45, 2.75) is 26.3 Å². The van der Waals surface area contributed by atoms with Crippen LogP contribution >= 0.6 is 11.6 Å². The predicted octanol–water partition coefficient (Wildman–Crippen LogP) is 2.91. The molecule has 0 aliphatic rings. The fourth-order valence-corrected chi connectivity index (χ4v) is 1.57. The highest BCUT2D eigenvalue weighted by atomic mass is 35.5. The minimum Gasteiger partial charge on any atom is -0.483 e. The second kappa shape index (κ2) is 9.13. The second-order valence-corrected chi connectivity index (χ2v) is 4.67. The highest BCUT2D eigenvalue weighted by Gasteiger charge is 2.11. The third kappa shape index (κ3) is 6.40. The molecule has 0 spiro atoms. The van der Waals surface area contributed by atoms with Gasteiger partial charge in [-0.3, -0.25) is 4.79 Å². The molecule has 1 aromatic carbocycles. The zero-order chi connectivity index (χ0) is 15.7. The highest BCUT2D eigenvalue weighted by molar-refractivity contribution is 6.30. The number of carbonyl (C=O) groups is 2. The topological polar surface area (TPSA) is 65.0 Å². The van der Waals surface area contributed by atoms with Crippen LogP contribution in [0, 0.1) is 0 Å². The molecule has 0 radical (unpaired) electrons. The Morgan fingerprint density at radius 2 is 2.00 bits per heavy atom. The van der Waals surface area contributed by atoms with Crippen LogP contribution in [-0.2, 0) is 14.3 Å². The Morgan fingerprint density at radius 1 is 1.33 bits per heavy atom. The number of hydrogen-bond donors (Lipinski definition) is 0. The van der Waals surface area contributed by atoms with E-state index < -0.39 is 12.0 Å². The van der Waals surface area contributed by atoms with E-state index in [0.29, 0.717) is 17.2 Å². The molecule has 0 N–H and O–H groups in total. The van der Waals surface area contributed by atoms with Crippen molar-refractivity contribution >= 4 is 29.8 Å².